The molecule has 0 aromatic carbocycles. The number of carbonyl (C=O) groups excluding carboxylic acids is 1. The lowest BCUT2D eigenvalue weighted by Crippen LogP contribution is -2.42. The second-order valence-electron chi connectivity index (χ2n) is 3.46. The number of hydrogen-bond acceptors (Lipinski definition) is 4. The summed E-state index contributed by atoms with van der Waals surface area (Å²) in [5, 5.41) is 9.01. The van der Waals surface area contributed by atoms with Crippen molar-refractivity contribution >= 4 is 39.6 Å². The molecule has 90 valence electrons. The number of aromatic nitrogens is 1. The average molecular weight is 317 g/mol. The first-order chi connectivity index (χ1) is 8.11. The third kappa shape index (κ3) is 2.44. The molecular weight excluding hydrogens is 308 g/mol. The molecule has 0 spiro atoms. The van der Waals surface area contributed by atoms with Gasteiger partial charge in [0.05, 0.1) is 5.88 Å². The molecule has 1 aromatic heterocycles. The number of pyridine rings is 1. The SMILES string of the molecule is O=C(O)C1CSCN1C(=O)c1ncccc1Br. The highest BCUT2D eigenvalue weighted by Gasteiger charge is 2.36. The van der Waals surface area contributed by atoms with Gasteiger partial charge < -0.3 is 10.0 Å². The van der Waals surface area contributed by atoms with Crippen molar-refractivity contribution < 1.29 is 14.7 Å². The Hall–Kier alpha value is -1.08. The summed E-state index contributed by atoms with van der Waals surface area (Å²) in [7, 11) is 0. The number of carboxylic acids is 1. The van der Waals surface area contributed by atoms with Crippen LogP contribution in [-0.4, -0.2) is 44.5 Å². The van der Waals surface area contributed by atoms with Crippen LogP contribution >= 0.6 is 27.7 Å². The average Bonchev–Trinajstić information content (AvgIpc) is 2.77. The molecule has 1 saturated heterocycles. The fourth-order valence-corrected chi connectivity index (χ4v) is 3.10. The summed E-state index contributed by atoms with van der Waals surface area (Å²) in [4.78, 5) is 28.4. The highest BCUT2D eigenvalue weighted by molar-refractivity contribution is 9.10. The van der Waals surface area contributed by atoms with Crippen molar-refractivity contribution in [1.82, 2.24) is 9.88 Å². The molecule has 0 bridgehead atoms. The van der Waals surface area contributed by atoms with Gasteiger partial charge in [-0.15, -0.1) is 11.8 Å². The number of halogens is 1. The lowest BCUT2D eigenvalue weighted by atomic mass is 10.2. The Balaban J connectivity index is 2.26. The van der Waals surface area contributed by atoms with E-state index in [1.807, 2.05) is 0 Å². The minimum absolute atomic E-state index is 0.251. The smallest absolute Gasteiger partial charge is 0.327 e. The van der Waals surface area contributed by atoms with E-state index in [1.165, 1.54) is 22.9 Å². The summed E-state index contributed by atoms with van der Waals surface area (Å²) in [5.74, 6) is -0.519. The maximum absolute atomic E-state index is 12.1. The van der Waals surface area contributed by atoms with Crippen LogP contribution in [0.25, 0.3) is 0 Å². The van der Waals surface area contributed by atoms with E-state index in [1.54, 1.807) is 12.1 Å². The normalized spacial score (nSPS) is 19.4. The molecule has 2 heterocycles. The second-order valence-corrected chi connectivity index (χ2v) is 5.32. The molecule has 1 amide bonds. The number of amides is 1. The predicted octanol–water partition coefficient (Wildman–Crippen LogP) is 1.44. The van der Waals surface area contributed by atoms with Crippen LogP contribution in [0, 0.1) is 0 Å². The standard InChI is InChI=1S/C10H9BrN2O3S/c11-6-2-1-3-12-8(6)9(14)13-5-17-4-7(13)10(15)16/h1-3,7H,4-5H2,(H,15,16). The van der Waals surface area contributed by atoms with Crippen molar-refractivity contribution in [1.29, 1.82) is 0 Å². The topological polar surface area (TPSA) is 70.5 Å². The Bertz CT molecular complexity index is 469. The van der Waals surface area contributed by atoms with Crippen LogP contribution in [0.1, 0.15) is 10.5 Å². The summed E-state index contributed by atoms with van der Waals surface area (Å²) >= 11 is 4.67. The van der Waals surface area contributed by atoms with Crippen LogP contribution < -0.4 is 0 Å². The van der Waals surface area contributed by atoms with Gasteiger partial charge in [-0.3, -0.25) is 4.79 Å². The molecule has 1 aromatic rings. The second kappa shape index (κ2) is 5.05. The van der Waals surface area contributed by atoms with E-state index in [-0.39, 0.29) is 11.6 Å². The fourth-order valence-electron chi connectivity index (χ4n) is 1.53. The number of thioether (sulfide) groups is 1. The van der Waals surface area contributed by atoms with Crippen LogP contribution in [0.5, 0.6) is 0 Å². The van der Waals surface area contributed by atoms with Crippen molar-refractivity contribution in [3.05, 3.63) is 28.5 Å². The molecule has 1 aliphatic rings. The maximum Gasteiger partial charge on any atom is 0.327 e. The van der Waals surface area contributed by atoms with Gasteiger partial charge in [0.1, 0.15) is 11.7 Å². The lowest BCUT2D eigenvalue weighted by Gasteiger charge is -2.20. The van der Waals surface area contributed by atoms with Gasteiger partial charge in [-0.25, -0.2) is 9.78 Å². The zero-order valence-corrected chi connectivity index (χ0v) is 11.1. The van der Waals surface area contributed by atoms with Crippen LogP contribution in [0.15, 0.2) is 22.8 Å². The molecule has 1 unspecified atom stereocenters. The van der Waals surface area contributed by atoms with Gasteiger partial charge in [-0.05, 0) is 28.1 Å². The molecule has 1 aliphatic heterocycles. The van der Waals surface area contributed by atoms with Gasteiger partial charge in [-0.1, -0.05) is 0 Å². The summed E-state index contributed by atoms with van der Waals surface area (Å²) < 4.78 is 0.575. The number of carbonyl (C=O) groups is 2. The van der Waals surface area contributed by atoms with Crippen molar-refractivity contribution in [3.63, 3.8) is 0 Å². The van der Waals surface area contributed by atoms with Gasteiger partial charge >= 0.3 is 5.97 Å². The molecule has 5 nitrogen and oxygen atoms in total. The lowest BCUT2D eigenvalue weighted by molar-refractivity contribution is -0.140. The van der Waals surface area contributed by atoms with Crippen molar-refractivity contribution in [2.75, 3.05) is 11.6 Å². The first-order valence-electron chi connectivity index (χ1n) is 4.83. The highest BCUT2D eigenvalue weighted by Crippen LogP contribution is 2.25. The highest BCUT2D eigenvalue weighted by atomic mass is 79.9. The third-order valence-corrected chi connectivity index (χ3v) is 4.04. The van der Waals surface area contributed by atoms with Gasteiger partial charge in [-0.2, -0.15) is 0 Å². The Morgan fingerprint density at radius 2 is 2.35 bits per heavy atom. The molecule has 2 rings (SSSR count). The van der Waals surface area contributed by atoms with Crippen molar-refractivity contribution in [2.45, 2.75) is 6.04 Å². The first-order valence-corrected chi connectivity index (χ1v) is 6.78. The van der Waals surface area contributed by atoms with E-state index in [9.17, 15) is 9.59 Å². The third-order valence-electron chi connectivity index (χ3n) is 2.39. The Labute approximate surface area is 110 Å². The largest absolute Gasteiger partial charge is 0.480 e. The van der Waals surface area contributed by atoms with E-state index in [4.69, 9.17) is 5.11 Å². The monoisotopic (exact) mass is 316 g/mol. The summed E-state index contributed by atoms with van der Waals surface area (Å²) in [6.45, 7) is 0. The minimum atomic E-state index is -0.976. The molecule has 17 heavy (non-hydrogen) atoms. The zero-order valence-electron chi connectivity index (χ0n) is 8.67. The number of nitrogens with zero attached hydrogens (tertiary/aromatic N) is 2. The van der Waals surface area contributed by atoms with Crippen molar-refractivity contribution in [3.8, 4) is 0 Å². The molecule has 1 N–H and O–H groups in total. The van der Waals surface area contributed by atoms with Crippen molar-refractivity contribution in [2.24, 2.45) is 0 Å². The minimum Gasteiger partial charge on any atom is -0.480 e. The molecule has 1 atom stereocenters. The van der Waals surface area contributed by atoms with Crippen LogP contribution in [0.2, 0.25) is 0 Å². The number of carboxylic acid groups (broad SMARTS) is 1. The number of aliphatic carboxylic acids is 1. The van der Waals surface area contributed by atoms with Gasteiger partial charge in [0, 0.05) is 16.4 Å². The molecule has 0 aliphatic carbocycles. The summed E-state index contributed by atoms with van der Waals surface area (Å²) in [6, 6.07) is 2.65. The van der Waals surface area contributed by atoms with E-state index in [2.05, 4.69) is 20.9 Å². The summed E-state index contributed by atoms with van der Waals surface area (Å²) in [5.41, 5.74) is 0.251. The molecule has 0 radical (unpaired) electrons. The molecular formula is C10H9BrN2O3S. The summed E-state index contributed by atoms with van der Waals surface area (Å²) in [6.07, 6.45) is 1.51. The Kier molecular flexibility index (Phi) is 3.68. The van der Waals surface area contributed by atoms with Gasteiger partial charge in [0.15, 0.2) is 0 Å². The van der Waals surface area contributed by atoms with Crippen LogP contribution in [-0.2, 0) is 4.79 Å². The predicted molar refractivity (Wildman–Crippen MR) is 66.9 cm³/mol. The van der Waals surface area contributed by atoms with Crippen LogP contribution in [0.3, 0.4) is 0 Å². The van der Waals surface area contributed by atoms with E-state index in [0.29, 0.717) is 16.1 Å². The molecule has 7 heteroatoms. The number of rotatable bonds is 2. The van der Waals surface area contributed by atoms with Gasteiger partial charge in [0.2, 0.25) is 0 Å². The fraction of sp³-hybridized carbons (Fsp3) is 0.300. The maximum atomic E-state index is 12.1. The first kappa shape index (κ1) is 12.4. The molecule has 0 saturated carbocycles. The van der Waals surface area contributed by atoms with Gasteiger partial charge in [0.25, 0.3) is 5.91 Å². The molecule has 1 fully saturated rings. The quantitative estimate of drug-likeness (QED) is 0.894. The van der Waals surface area contributed by atoms with E-state index in [0.717, 1.165) is 0 Å². The van der Waals surface area contributed by atoms with E-state index >= 15 is 0 Å². The van der Waals surface area contributed by atoms with E-state index < -0.39 is 12.0 Å². The van der Waals surface area contributed by atoms with Crippen LogP contribution in [0.4, 0.5) is 0 Å². The zero-order chi connectivity index (χ0) is 12.4. The Morgan fingerprint density at radius 1 is 1.59 bits per heavy atom. The Morgan fingerprint density at radius 3 is 3.00 bits per heavy atom. The number of hydrogen-bond donors (Lipinski definition) is 1.